The Balaban J connectivity index is 3.31. The quantitative estimate of drug-likeness (QED) is 0.788. The summed E-state index contributed by atoms with van der Waals surface area (Å²) in [6.45, 7) is 8.87. The van der Waals surface area contributed by atoms with E-state index in [0.717, 1.165) is 17.8 Å². The fourth-order valence-corrected chi connectivity index (χ4v) is 1.97. The fourth-order valence-electron chi connectivity index (χ4n) is 1.97. The van der Waals surface area contributed by atoms with Crippen molar-refractivity contribution >= 4 is 17.3 Å². The summed E-state index contributed by atoms with van der Waals surface area (Å²) in [5.41, 5.74) is 8.01. The van der Waals surface area contributed by atoms with Crippen molar-refractivity contribution in [3.63, 3.8) is 0 Å². The number of nitrogens with two attached hydrogens (primary N) is 1. The van der Waals surface area contributed by atoms with E-state index < -0.39 is 5.97 Å². The van der Waals surface area contributed by atoms with Crippen molar-refractivity contribution in [3.8, 4) is 0 Å². The van der Waals surface area contributed by atoms with Gasteiger partial charge >= 0.3 is 5.97 Å². The molecule has 1 rings (SSSR count). The first-order valence-corrected chi connectivity index (χ1v) is 5.78. The highest BCUT2D eigenvalue weighted by atomic mass is 16.4. The molecule has 3 N–H and O–H groups in total. The normalized spacial score (nSPS) is 10.6. The van der Waals surface area contributed by atoms with Crippen molar-refractivity contribution in [3.05, 3.63) is 23.3 Å². The number of hydrogen-bond acceptors (Lipinski definition) is 3. The molecule has 17 heavy (non-hydrogen) atoms. The van der Waals surface area contributed by atoms with Crippen molar-refractivity contribution in [2.24, 2.45) is 0 Å². The molecule has 94 valence electrons. The lowest BCUT2D eigenvalue weighted by Crippen LogP contribution is -2.30. The SMILES string of the molecule is CCN(c1cc(C)c(N)c(C(=O)O)c1)C(C)C. The number of aromatic carboxylic acids is 1. The van der Waals surface area contributed by atoms with Crippen molar-refractivity contribution in [2.45, 2.75) is 33.7 Å². The third kappa shape index (κ3) is 2.70. The van der Waals surface area contributed by atoms with Gasteiger partial charge < -0.3 is 15.7 Å². The zero-order valence-corrected chi connectivity index (χ0v) is 10.8. The molecule has 0 radical (unpaired) electrons. The van der Waals surface area contributed by atoms with Gasteiger partial charge in [-0.15, -0.1) is 0 Å². The van der Waals surface area contributed by atoms with E-state index in [1.165, 1.54) is 0 Å². The van der Waals surface area contributed by atoms with E-state index in [9.17, 15) is 4.79 Å². The second kappa shape index (κ2) is 5.08. The average Bonchev–Trinajstić information content (AvgIpc) is 2.22. The van der Waals surface area contributed by atoms with Crippen molar-refractivity contribution in [1.29, 1.82) is 0 Å². The molecule has 0 amide bonds. The molecule has 0 heterocycles. The van der Waals surface area contributed by atoms with Crippen LogP contribution in [0.3, 0.4) is 0 Å². The summed E-state index contributed by atoms with van der Waals surface area (Å²) in [6, 6.07) is 3.91. The van der Waals surface area contributed by atoms with Crippen molar-refractivity contribution in [1.82, 2.24) is 0 Å². The average molecular weight is 236 g/mol. The molecule has 0 aliphatic heterocycles. The van der Waals surface area contributed by atoms with Gasteiger partial charge in [0.1, 0.15) is 0 Å². The molecule has 0 fully saturated rings. The highest BCUT2D eigenvalue weighted by Gasteiger charge is 2.15. The van der Waals surface area contributed by atoms with Gasteiger partial charge in [0.15, 0.2) is 0 Å². The molecule has 0 bridgehead atoms. The van der Waals surface area contributed by atoms with Crippen LogP contribution in [-0.4, -0.2) is 23.7 Å². The van der Waals surface area contributed by atoms with Gasteiger partial charge in [-0.2, -0.15) is 0 Å². The van der Waals surface area contributed by atoms with Gasteiger partial charge in [0.2, 0.25) is 0 Å². The van der Waals surface area contributed by atoms with Gasteiger partial charge in [-0.25, -0.2) is 4.79 Å². The summed E-state index contributed by atoms with van der Waals surface area (Å²) in [6.07, 6.45) is 0. The summed E-state index contributed by atoms with van der Waals surface area (Å²) in [5, 5.41) is 9.11. The minimum atomic E-state index is -0.979. The summed E-state index contributed by atoms with van der Waals surface area (Å²) in [4.78, 5) is 13.2. The first-order valence-electron chi connectivity index (χ1n) is 5.78. The lowest BCUT2D eigenvalue weighted by atomic mass is 10.1. The molecule has 1 aromatic carbocycles. The number of carboxylic acid groups (broad SMARTS) is 1. The molecule has 4 heteroatoms. The van der Waals surface area contributed by atoms with Crippen LogP contribution in [-0.2, 0) is 0 Å². The first-order chi connectivity index (χ1) is 7.88. The first kappa shape index (κ1) is 13.4. The third-order valence-electron chi connectivity index (χ3n) is 2.90. The van der Waals surface area contributed by atoms with E-state index in [1.807, 2.05) is 19.9 Å². The second-order valence-corrected chi connectivity index (χ2v) is 4.41. The van der Waals surface area contributed by atoms with Crippen molar-refractivity contribution < 1.29 is 9.90 Å². The summed E-state index contributed by atoms with van der Waals surface area (Å²) >= 11 is 0. The Bertz CT molecular complexity index is 428. The Labute approximate surface area is 102 Å². The van der Waals surface area contributed by atoms with Crippen LogP contribution >= 0.6 is 0 Å². The van der Waals surface area contributed by atoms with E-state index in [1.54, 1.807) is 6.07 Å². The third-order valence-corrected chi connectivity index (χ3v) is 2.90. The molecule has 4 nitrogen and oxygen atoms in total. The molecule has 0 saturated heterocycles. The predicted octanol–water partition coefficient (Wildman–Crippen LogP) is 2.51. The Kier molecular flexibility index (Phi) is 3.99. The summed E-state index contributed by atoms with van der Waals surface area (Å²) < 4.78 is 0. The summed E-state index contributed by atoms with van der Waals surface area (Å²) in [5.74, 6) is -0.979. The van der Waals surface area contributed by atoms with Crippen LogP contribution in [0, 0.1) is 6.92 Å². The number of benzene rings is 1. The number of carbonyl (C=O) groups is 1. The van der Waals surface area contributed by atoms with E-state index in [0.29, 0.717) is 11.7 Å². The Morgan fingerprint density at radius 1 is 1.47 bits per heavy atom. The molecule has 0 aromatic heterocycles. The van der Waals surface area contributed by atoms with Crippen LogP contribution in [0.1, 0.15) is 36.7 Å². The van der Waals surface area contributed by atoms with Gasteiger partial charge in [-0.1, -0.05) is 0 Å². The Morgan fingerprint density at radius 3 is 2.47 bits per heavy atom. The van der Waals surface area contributed by atoms with Crippen LogP contribution < -0.4 is 10.6 Å². The van der Waals surface area contributed by atoms with E-state index >= 15 is 0 Å². The summed E-state index contributed by atoms with van der Waals surface area (Å²) in [7, 11) is 0. The number of aryl methyl sites for hydroxylation is 1. The highest BCUT2D eigenvalue weighted by molar-refractivity contribution is 5.95. The smallest absolute Gasteiger partial charge is 0.337 e. The zero-order valence-electron chi connectivity index (χ0n) is 10.8. The molecular weight excluding hydrogens is 216 g/mol. The van der Waals surface area contributed by atoms with Crippen LogP contribution in [0.15, 0.2) is 12.1 Å². The topological polar surface area (TPSA) is 66.6 Å². The van der Waals surface area contributed by atoms with Crippen LogP contribution in [0.4, 0.5) is 11.4 Å². The highest BCUT2D eigenvalue weighted by Crippen LogP contribution is 2.26. The van der Waals surface area contributed by atoms with E-state index in [4.69, 9.17) is 10.8 Å². The monoisotopic (exact) mass is 236 g/mol. The van der Waals surface area contributed by atoms with Gasteiger partial charge in [0.05, 0.1) is 5.56 Å². The minimum absolute atomic E-state index is 0.180. The van der Waals surface area contributed by atoms with Crippen LogP contribution in [0.5, 0.6) is 0 Å². The van der Waals surface area contributed by atoms with Crippen LogP contribution in [0.2, 0.25) is 0 Å². The molecule has 1 aromatic rings. The van der Waals surface area contributed by atoms with Gasteiger partial charge in [-0.3, -0.25) is 0 Å². The molecule has 0 aliphatic rings. The molecule has 0 atom stereocenters. The van der Waals surface area contributed by atoms with E-state index in [2.05, 4.69) is 18.7 Å². The molecule has 0 saturated carbocycles. The van der Waals surface area contributed by atoms with Crippen LogP contribution in [0.25, 0.3) is 0 Å². The largest absolute Gasteiger partial charge is 0.478 e. The van der Waals surface area contributed by atoms with Gasteiger partial charge in [0.25, 0.3) is 0 Å². The minimum Gasteiger partial charge on any atom is -0.478 e. The lowest BCUT2D eigenvalue weighted by Gasteiger charge is -2.28. The van der Waals surface area contributed by atoms with Gasteiger partial charge in [0, 0.05) is 24.0 Å². The number of hydrogen-bond donors (Lipinski definition) is 2. The second-order valence-electron chi connectivity index (χ2n) is 4.41. The molecule has 0 spiro atoms. The van der Waals surface area contributed by atoms with Crippen molar-refractivity contribution in [2.75, 3.05) is 17.2 Å². The number of rotatable bonds is 4. The molecule has 0 unspecified atom stereocenters. The maximum absolute atomic E-state index is 11.1. The van der Waals surface area contributed by atoms with Gasteiger partial charge in [-0.05, 0) is 45.4 Å². The standard InChI is InChI=1S/C13H20N2O2/c1-5-15(8(2)3)10-6-9(4)12(14)11(7-10)13(16)17/h6-8H,5,14H2,1-4H3,(H,16,17). The number of nitrogen functional groups attached to an aromatic ring is 1. The number of nitrogens with zero attached hydrogens (tertiary/aromatic N) is 1. The lowest BCUT2D eigenvalue weighted by molar-refractivity contribution is 0.0698. The maximum atomic E-state index is 11.1. The molecular formula is C13H20N2O2. The van der Waals surface area contributed by atoms with E-state index in [-0.39, 0.29) is 5.56 Å². The number of carboxylic acids is 1. The Hall–Kier alpha value is -1.71. The Morgan fingerprint density at radius 2 is 2.06 bits per heavy atom. The molecule has 0 aliphatic carbocycles. The zero-order chi connectivity index (χ0) is 13.2. The predicted molar refractivity (Wildman–Crippen MR) is 70.7 cm³/mol. The fraction of sp³-hybridized carbons (Fsp3) is 0.462. The maximum Gasteiger partial charge on any atom is 0.337 e. The number of anilines is 2.